The summed E-state index contributed by atoms with van der Waals surface area (Å²) in [7, 11) is 0. The Hall–Kier alpha value is -2.43. The maximum atomic E-state index is 10.9. The van der Waals surface area contributed by atoms with Crippen LogP contribution < -0.4 is 10.6 Å². The molecule has 0 amide bonds. The predicted octanol–water partition coefficient (Wildman–Crippen LogP) is 1.10. The third-order valence-electron chi connectivity index (χ3n) is 2.33. The van der Waals surface area contributed by atoms with Crippen LogP contribution in [0.2, 0.25) is 0 Å². The van der Waals surface area contributed by atoms with Gasteiger partial charge in [-0.25, -0.2) is 4.98 Å². The van der Waals surface area contributed by atoms with Crippen LogP contribution in [0.5, 0.6) is 0 Å². The summed E-state index contributed by atoms with van der Waals surface area (Å²) in [6, 6.07) is 1.96. The zero-order valence-electron chi connectivity index (χ0n) is 10.2. The Morgan fingerprint density at radius 3 is 2.83 bits per heavy atom. The van der Waals surface area contributed by atoms with Gasteiger partial charge in [-0.15, -0.1) is 0 Å². The molecule has 0 saturated heterocycles. The molecule has 0 saturated carbocycles. The highest BCUT2D eigenvalue weighted by Gasteiger charge is 2.24. The molecule has 0 aliphatic rings. The van der Waals surface area contributed by atoms with Crippen LogP contribution in [0.4, 0.5) is 17.5 Å². The Bertz CT molecular complexity index is 482. The van der Waals surface area contributed by atoms with Crippen molar-refractivity contribution < 1.29 is 4.92 Å². The average Bonchev–Trinajstić information content (AvgIpc) is 2.28. The molecular formula is C10H14N6O2. The lowest BCUT2D eigenvalue weighted by Gasteiger charge is -2.26. The summed E-state index contributed by atoms with van der Waals surface area (Å²) < 4.78 is 0. The van der Waals surface area contributed by atoms with E-state index in [4.69, 9.17) is 11.0 Å². The highest BCUT2D eigenvalue weighted by atomic mass is 16.6. The fourth-order valence-corrected chi connectivity index (χ4v) is 1.50. The molecular weight excluding hydrogens is 236 g/mol. The van der Waals surface area contributed by atoms with E-state index >= 15 is 0 Å². The van der Waals surface area contributed by atoms with Crippen molar-refractivity contribution in [3.63, 3.8) is 0 Å². The molecule has 1 aromatic heterocycles. The van der Waals surface area contributed by atoms with E-state index in [0.717, 1.165) is 6.20 Å². The zero-order chi connectivity index (χ0) is 13.7. The third kappa shape index (κ3) is 3.04. The quantitative estimate of drug-likeness (QED) is 0.613. The summed E-state index contributed by atoms with van der Waals surface area (Å²) in [5.74, 6) is 0.121. The van der Waals surface area contributed by atoms with E-state index in [0.29, 0.717) is 6.54 Å². The van der Waals surface area contributed by atoms with Crippen LogP contribution in [-0.4, -0.2) is 27.5 Å². The van der Waals surface area contributed by atoms with Gasteiger partial charge in [0.1, 0.15) is 6.20 Å². The molecule has 1 rings (SSSR count). The number of aromatic nitrogens is 2. The first-order valence-corrected chi connectivity index (χ1v) is 5.38. The minimum absolute atomic E-state index is 0.0294. The standard InChI is InChI=1S/C10H14N6O2/c1-7(2)15(5-3-4-11)9-8(16(17)18)6-13-10(12)14-9/h6-7H,3,5H2,1-2H3,(H2,12,13,14). The molecule has 0 unspecified atom stereocenters. The van der Waals surface area contributed by atoms with Crippen LogP contribution >= 0.6 is 0 Å². The zero-order valence-corrected chi connectivity index (χ0v) is 10.2. The number of nitro groups is 1. The SMILES string of the molecule is CC(C)N(CCC#N)c1nc(N)ncc1[N+](=O)[O-]. The normalized spacial score (nSPS) is 10.1. The summed E-state index contributed by atoms with van der Waals surface area (Å²) in [5, 5.41) is 19.5. The first-order valence-electron chi connectivity index (χ1n) is 5.38. The van der Waals surface area contributed by atoms with Crippen molar-refractivity contribution in [3.8, 4) is 6.07 Å². The van der Waals surface area contributed by atoms with Crippen molar-refractivity contribution >= 4 is 17.5 Å². The summed E-state index contributed by atoms with van der Waals surface area (Å²) in [4.78, 5) is 19.6. The Kier molecular flexibility index (Phi) is 4.37. The second-order valence-electron chi connectivity index (χ2n) is 3.89. The molecule has 8 heteroatoms. The molecule has 0 spiro atoms. The van der Waals surface area contributed by atoms with Crippen molar-refractivity contribution in [3.05, 3.63) is 16.3 Å². The molecule has 0 aliphatic heterocycles. The first-order chi connectivity index (χ1) is 8.47. The monoisotopic (exact) mass is 250 g/mol. The van der Waals surface area contributed by atoms with Gasteiger partial charge in [0.15, 0.2) is 0 Å². The van der Waals surface area contributed by atoms with Crippen LogP contribution in [0.15, 0.2) is 6.20 Å². The van der Waals surface area contributed by atoms with Gasteiger partial charge in [0, 0.05) is 12.6 Å². The van der Waals surface area contributed by atoms with E-state index in [2.05, 4.69) is 9.97 Å². The van der Waals surface area contributed by atoms with Gasteiger partial charge >= 0.3 is 5.69 Å². The molecule has 0 atom stereocenters. The van der Waals surface area contributed by atoms with Crippen LogP contribution in [0, 0.1) is 21.4 Å². The number of anilines is 2. The molecule has 96 valence electrons. The maximum absolute atomic E-state index is 10.9. The number of rotatable bonds is 5. The minimum atomic E-state index is -0.559. The molecule has 2 N–H and O–H groups in total. The van der Waals surface area contributed by atoms with Crippen molar-refractivity contribution in [2.75, 3.05) is 17.2 Å². The maximum Gasteiger partial charge on any atom is 0.329 e. The number of nitrogen functional groups attached to an aromatic ring is 1. The van der Waals surface area contributed by atoms with Gasteiger partial charge in [-0.1, -0.05) is 0 Å². The molecule has 1 aromatic rings. The number of nitriles is 1. The minimum Gasteiger partial charge on any atom is -0.368 e. The van der Waals surface area contributed by atoms with Crippen LogP contribution in [0.1, 0.15) is 20.3 Å². The summed E-state index contributed by atoms with van der Waals surface area (Å²) in [6.45, 7) is 4.07. The number of nitrogens with zero attached hydrogens (tertiary/aromatic N) is 5. The van der Waals surface area contributed by atoms with Crippen LogP contribution in [0.3, 0.4) is 0 Å². The second kappa shape index (κ2) is 5.77. The van der Waals surface area contributed by atoms with Crippen molar-refractivity contribution in [2.24, 2.45) is 0 Å². The van der Waals surface area contributed by atoms with E-state index < -0.39 is 4.92 Å². The third-order valence-corrected chi connectivity index (χ3v) is 2.33. The van der Waals surface area contributed by atoms with Crippen molar-refractivity contribution in [2.45, 2.75) is 26.3 Å². The van der Waals surface area contributed by atoms with Crippen LogP contribution in [0.25, 0.3) is 0 Å². The van der Waals surface area contributed by atoms with Crippen molar-refractivity contribution in [1.29, 1.82) is 5.26 Å². The molecule has 1 heterocycles. The van der Waals surface area contributed by atoms with Crippen LogP contribution in [-0.2, 0) is 0 Å². The highest BCUT2D eigenvalue weighted by molar-refractivity contribution is 5.58. The van der Waals surface area contributed by atoms with E-state index in [1.54, 1.807) is 4.90 Å². The topological polar surface area (TPSA) is 122 Å². The highest BCUT2D eigenvalue weighted by Crippen LogP contribution is 2.27. The van der Waals surface area contributed by atoms with Gasteiger partial charge in [0.25, 0.3) is 0 Å². The van der Waals surface area contributed by atoms with E-state index in [-0.39, 0.29) is 29.9 Å². The lowest BCUT2D eigenvalue weighted by atomic mass is 10.2. The van der Waals surface area contributed by atoms with Gasteiger partial charge in [-0.2, -0.15) is 10.2 Å². The van der Waals surface area contributed by atoms with E-state index in [1.165, 1.54) is 0 Å². The Morgan fingerprint density at radius 1 is 1.67 bits per heavy atom. The average molecular weight is 250 g/mol. The molecule has 0 bridgehead atoms. The molecule has 18 heavy (non-hydrogen) atoms. The summed E-state index contributed by atoms with van der Waals surface area (Å²) in [5.41, 5.74) is 5.25. The molecule has 0 radical (unpaired) electrons. The largest absolute Gasteiger partial charge is 0.368 e. The first kappa shape index (κ1) is 13.6. The molecule has 0 fully saturated rings. The fourth-order valence-electron chi connectivity index (χ4n) is 1.50. The Labute approximate surface area is 104 Å². The fraction of sp³-hybridized carbons (Fsp3) is 0.500. The number of hydrogen-bond donors (Lipinski definition) is 1. The summed E-state index contributed by atoms with van der Waals surface area (Å²) in [6.07, 6.45) is 1.33. The smallest absolute Gasteiger partial charge is 0.329 e. The lowest BCUT2D eigenvalue weighted by Crippen LogP contribution is -2.33. The van der Waals surface area contributed by atoms with Gasteiger partial charge in [-0.05, 0) is 13.8 Å². The molecule has 8 nitrogen and oxygen atoms in total. The van der Waals surface area contributed by atoms with Gasteiger partial charge < -0.3 is 10.6 Å². The van der Waals surface area contributed by atoms with E-state index in [9.17, 15) is 10.1 Å². The second-order valence-corrected chi connectivity index (χ2v) is 3.89. The Morgan fingerprint density at radius 2 is 2.33 bits per heavy atom. The predicted molar refractivity (Wildman–Crippen MR) is 65.8 cm³/mol. The Balaban J connectivity index is 3.21. The van der Waals surface area contributed by atoms with Crippen molar-refractivity contribution in [1.82, 2.24) is 9.97 Å². The van der Waals surface area contributed by atoms with Gasteiger partial charge in [0.2, 0.25) is 11.8 Å². The number of hydrogen-bond acceptors (Lipinski definition) is 7. The van der Waals surface area contributed by atoms with Gasteiger partial charge in [-0.3, -0.25) is 10.1 Å². The molecule has 0 aromatic carbocycles. The lowest BCUT2D eigenvalue weighted by molar-refractivity contribution is -0.384. The molecule has 0 aliphatic carbocycles. The van der Waals surface area contributed by atoms with E-state index in [1.807, 2.05) is 19.9 Å². The number of nitrogens with two attached hydrogens (primary N) is 1. The van der Waals surface area contributed by atoms with Gasteiger partial charge in [0.05, 0.1) is 17.4 Å². The summed E-state index contributed by atoms with van der Waals surface area (Å²) >= 11 is 0.